The standard InChI is InChI=1S/C12H19NO/c14-12-7-4-9-13(12)10-8-11-5-2-1-3-6-11/h8,10-11H,1-7,9H2. The van der Waals surface area contributed by atoms with Gasteiger partial charge in [0.2, 0.25) is 5.91 Å². The van der Waals surface area contributed by atoms with Crippen molar-refractivity contribution < 1.29 is 4.79 Å². The first-order valence-electron chi connectivity index (χ1n) is 5.84. The predicted molar refractivity (Wildman–Crippen MR) is 56.7 cm³/mol. The fraction of sp³-hybridized carbons (Fsp3) is 0.750. The summed E-state index contributed by atoms with van der Waals surface area (Å²) in [6.07, 6.45) is 12.8. The van der Waals surface area contributed by atoms with Crippen molar-refractivity contribution in [3.8, 4) is 0 Å². The van der Waals surface area contributed by atoms with Crippen LogP contribution in [0.15, 0.2) is 12.3 Å². The molecule has 1 amide bonds. The molecule has 2 nitrogen and oxygen atoms in total. The maximum atomic E-state index is 11.3. The smallest absolute Gasteiger partial charge is 0.226 e. The Balaban J connectivity index is 1.82. The Morgan fingerprint density at radius 2 is 1.93 bits per heavy atom. The molecule has 2 rings (SSSR count). The van der Waals surface area contributed by atoms with Gasteiger partial charge in [-0.25, -0.2) is 0 Å². The Labute approximate surface area is 86.0 Å². The van der Waals surface area contributed by atoms with E-state index in [-0.39, 0.29) is 0 Å². The molecule has 0 bridgehead atoms. The molecule has 1 aliphatic heterocycles. The lowest BCUT2D eigenvalue weighted by molar-refractivity contribution is -0.125. The van der Waals surface area contributed by atoms with Crippen LogP contribution in [0.5, 0.6) is 0 Å². The highest BCUT2D eigenvalue weighted by molar-refractivity contribution is 5.79. The monoisotopic (exact) mass is 193 g/mol. The first-order valence-corrected chi connectivity index (χ1v) is 5.84. The Morgan fingerprint density at radius 3 is 2.57 bits per heavy atom. The van der Waals surface area contributed by atoms with E-state index in [1.807, 2.05) is 11.1 Å². The van der Waals surface area contributed by atoms with Crippen molar-refractivity contribution >= 4 is 5.91 Å². The lowest BCUT2D eigenvalue weighted by atomic mass is 9.89. The lowest BCUT2D eigenvalue weighted by Crippen LogP contribution is -2.18. The minimum Gasteiger partial charge on any atom is -0.319 e. The van der Waals surface area contributed by atoms with Gasteiger partial charge in [0, 0.05) is 19.2 Å². The van der Waals surface area contributed by atoms with Gasteiger partial charge in [0.1, 0.15) is 0 Å². The van der Waals surface area contributed by atoms with Crippen LogP contribution < -0.4 is 0 Å². The van der Waals surface area contributed by atoms with Gasteiger partial charge in [0.15, 0.2) is 0 Å². The van der Waals surface area contributed by atoms with E-state index in [4.69, 9.17) is 0 Å². The zero-order valence-corrected chi connectivity index (χ0v) is 8.74. The number of nitrogens with zero attached hydrogens (tertiary/aromatic N) is 1. The number of carbonyl (C=O) groups excluding carboxylic acids is 1. The molecule has 0 unspecified atom stereocenters. The van der Waals surface area contributed by atoms with Gasteiger partial charge in [-0.3, -0.25) is 4.79 Å². The number of hydrogen-bond acceptors (Lipinski definition) is 1. The van der Waals surface area contributed by atoms with Gasteiger partial charge < -0.3 is 4.90 Å². The van der Waals surface area contributed by atoms with Gasteiger partial charge in [-0.05, 0) is 25.2 Å². The molecular weight excluding hydrogens is 174 g/mol. The van der Waals surface area contributed by atoms with E-state index in [9.17, 15) is 4.79 Å². The van der Waals surface area contributed by atoms with E-state index >= 15 is 0 Å². The zero-order chi connectivity index (χ0) is 9.80. The lowest BCUT2D eigenvalue weighted by Gasteiger charge is -2.19. The van der Waals surface area contributed by atoms with Crippen LogP contribution in [0.25, 0.3) is 0 Å². The van der Waals surface area contributed by atoms with Crippen molar-refractivity contribution in [2.24, 2.45) is 5.92 Å². The topological polar surface area (TPSA) is 20.3 Å². The molecule has 1 saturated heterocycles. The third kappa shape index (κ3) is 2.37. The van der Waals surface area contributed by atoms with E-state index in [0.29, 0.717) is 5.91 Å². The van der Waals surface area contributed by atoms with Crippen molar-refractivity contribution in [3.05, 3.63) is 12.3 Å². The number of amides is 1. The first kappa shape index (κ1) is 9.75. The summed E-state index contributed by atoms with van der Waals surface area (Å²) in [5.41, 5.74) is 0. The molecule has 1 saturated carbocycles. The van der Waals surface area contributed by atoms with Crippen LogP contribution in [0.3, 0.4) is 0 Å². The average Bonchev–Trinajstić information content (AvgIpc) is 2.63. The maximum absolute atomic E-state index is 11.3. The summed E-state index contributed by atoms with van der Waals surface area (Å²) in [5, 5.41) is 0. The zero-order valence-electron chi connectivity index (χ0n) is 8.74. The highest BCUT2D eigenvalue weighted by atomic mass is 16.2. The molecule has 0 aromatic rings. The fourth-order valence-corrected chi connectivity index (χ4v) is 2.38. The molecule has 0 aromatic heterocycles. The first-order chi connectivity index (χ1) is 6.86. The molecular formula is C12H19NO. The predicted octanol–water partition coefficient (Wildman–Crippen LogP) is 2.70. The van der Waals surface area contributed by atoms with E-state index < -0.39 is 0 Å². The van der Waals surface area contributed by atoms with Gasteiger partial charge in [0.25, 0.3) is 0 Å². The second-order valence-corrected chi connectivity index (χ2v) is 4.43. The Bertz CT molecular complexity index is 228. The van der Waals surface area contributed by atoms with Crippen LogP contribution in [0.1, 0.15) is 44.9 Å². The maximum Gasteiger partial charge on any atom is 0.226 e. The second kappa shape index (κ2) is 4.63. The summed E-state index contributed by atoms with van der Waals surface area (Å²) in [7, 11) is 0. The number of carbonyl (C=O) groups is 1. The average molecular weight is 193 g/mol. The highest BCUT2D eigenvalue weighted by Crippen LogP contribution is 2.25. The minimum atomic E-state index is 0.303. The van der Waals surface area contributed by atoms with Crippen LogP contribution in [-0.4, -0.2) is 17.4 Å². The molecule has 1 heterocycles. The van der Waals surface area contributed by atoms with Crippen molar-refractivity contribution in [3.63, 3.8) is 0 Å². The van der Waals surface area contributed by atoms with Crippen LogP contribution >= 0.6 is 0 Å². The molecule has 0 aromatic carbocycles. The second-order valence-electron chi connectivity index (χ2n) is 4.43. The van der Waals surface area contributed by atoms with Gasteiger partial charge in [-0.2, -0.15) is 0 Å². The Morgan fingerprint density at radius 1 is 1.14 bits per heavy atom. The molecule has 0 radical (unpaired) electrons. The molecule has 0 spiro atoms. The summed E-state index contributed by atoms with van der Waals surface area (Å²) in [6, 6.07) is 0. The molecule has 2 fully saturated rings. The van der Waals surface area contributed by atoms with Crippen LogP contribution in [-0.2, 0) is 4.79 Å². The Hall–Kier alpha value is -0.790. The number of allylic oxidation sites excluding steroid dienone is 1. The Kier molecular flexibility index (Phi) is 3.22. The third-order valence-corrected chi connectivity index (χ3v) is 3.30. The molecule has 2 aliphatic rings. The summed E-state index contributed by atoms with van der Waals surface area (Å²) in [5.74, 6) is 1.04. The van der Waals surface area contributed by atoms with Gasteiger partial charge in [0.05, 0.1) is 0 Å². The fourth-order valence-electron chi connectivity index (χ4n) is 2.38. The molecule has 0 N–H and O–H groups in total. The summed E-state index contributed by atoms with van der Waals surface area (Å²) in [4.78, 5) is 13.2. The quantitative estimate of drug-likeness (QED) is 0.660. The van der Waals surface area contributed by atoms with Gasteiger partial charge in [-0.15, -0.1) is 0 Å². The largest absolute Gasteiger partial charge is 0.319 e. The number of rotatable bonds is 2. The summed E-state index contributed by atoms with van der Waals surface area (Å²) in [6.45, 7) is 0.933. The normalized spacial score (nSPS) is 25.1. The molecule has 78 valence electrons. The van der Waals surface area contributed by atoms with E-state index in [1.54, 1.807) is 0 Å². The minimum absolute atomic E-state index is 0.303. The van der Waals surface area contributed by atoms with Crippen LogP contribution in [0.2, 0.25) is 0 Å². The molecule has 14 heavy (non-hydrogen) atoms. The van der Waals surface area contributed by atoms with Crippen molar-refractivity contribution in [1.82, 2.24) is 4.90 Å². The van der Waals surface area contributed by atoms with Crippen molar-refractivity contribution in [1.29, 1.82) is 0 Å². The van der Waals surface area contributed by atoms with Crippen LogP contribution in [0, 0.1) is 5.92 Å². The summed E-state index contributed by atoms with van der Waals surface area (Å²) >= 11 is 0. The molecule has 1 aliphatic carbocycles. The summed E-state index contributed by atoms with van der Waals surface area (Å²) < 4.78 is 0. The van der Waals surface area contributed by atoms with E-state index in [1.165, 1.54) is 32.1 Å². The van der Waals surface area contributed by atoms with Crippen LogP contribution in [0.4, 0.5) is 0 Å². The SMILES string of the molecule is O=C1CCCN1C=CC1CCCCC1. The number of likely N-dealkylation sites (tertiary alicyclic amines) is 1. The van der Waals surface area contributed by atoms with Crippen molar-refractivity contribution in [2.45, 2.75) is 44.9 Å². The van der Waals surface area contributed by atoms with Gasteiger partial charge in [-0.1, -0.05) is 25.3 Å². The molecule has 0 atom stereocenters. The van der Waals surface area contributed by atoms with E-state index in [0.717, 1.165) is 25.3 Å². The highest BCUT2D eigenvalue weighted by Gasteiger charge is 2.18. The van der Waals surface area contributed by atoms with Crippen molar-refractivity contribution in [2.75, 3.05) is 6.54 Å². The van der Waals surface area contributed by atoms with Gasteiger partial charge >= 0.3 is 0 Å². The number of hydrogen-bond donors (Lipinski definition) is 0. The third-order valence-electron chi connectivity index (χ3n) is 3.30. The van der Waals surface area contributed by atoms with E-state index in [2.05, 4.69) is 6.08 Å². The molecule has 2 heteroatoms.